The Morgan fingerprint density at radius 3 is 1.66 bits per heavy atom. The molecule has 13 heteroatoms. The number of carbonyl (C=O) groups is 3. The van der Waals surface area contributed by atoms with Crippen molar-refractivity contribution in [1.29, 1.82) is 0 Å². The summed E-state index contributed by atoms with van der Waals surface area (Å²) in [6, 6.07) is -1.56. The van der Waals surface area contributed by atoms with Crippen LogP contribution in [-0.2, 0) is 37.5 Å². The second-order valence-electron chi connectivity index (χ2n) is 14.3. The molecule has 0 spiro atoms. The molecule has 0 heterocycles. The van der Waals surface area contributed by atoms with Crippen molar-refractivity contribution in [2.24, 2.45) is 5.73 Å². The monoisotopic (exact) mass is 850 g/mol. The molecule has 0 radical (unpaired) electrons. The summed E-state index contributed by atoms with van der Waals surface area (Å²) < 4.78 is 32.5. The minimum atomic E-state index is -4.77. The van der Waals surface area contributed by atoms with E-state index in [1.807, 2.05) is 12.2 Å². The van der Waals surface area contributed by atoms with E-state index in [4.69, 9.17) is 24.8 Å². The molecule has 0 aliphatic heterocycles. The molecule has 0 amide bonds. The van der Waals surface area contributed by atoms with Gasteiger partial charge in [0.2, 0.25) is 0 Å². The number of rotatable bonds is 39. The lowest BCUT2D eigenvalue weighted by Crippen LogP contribution is -2.34. The SMILES string of the molecule is CCCCC/C=C\C/C=C\C/C=C\C=C\[C@@H](O)CCCC(=O)OC[C@H](COP(=O)(O)OC[C@H](N)C(=O)O)OC(=O)CCCCCC/C=C\C/C=C\C/C=C\CCCCC. The van der Waals surface area contributed by atoms with Crippen molar-refractivity contribution in [1.82, 2.24) is 0 Å². The van der Waals surface area contributed by atoms with Crippen molar-refractivity contribution in [3.05, 3.63) is 85.1 Å². The molecule has 0 aromatic rings. The zero-order valence-corrected chi connectivity index (χ0v) is 36.8. The van der Waals surface area contributed by atoms with Crippen molar-refractivity contribution < 1.29 is 52.6 Å². The maximum Gasteiger partial charge on any atom is 0.472 e. The summed E-state index contributed by atoms with van der Waals surface area (Å²) in [7, 11) is -4.77. The van der Waals surface area contributed by atoms with Crippen LogP contribution in [-0.4, -0.2) is 71.1 Å². The predicted molar refractivity (Wildman–Crippen MR) is 236 cm³/mol. The van der Waals surface area contributed by atoms with Gasteiger partial charge in [0.15, 0.2) is 6.10 Å². The standard InChI is InChI=1S/C46H76NO11P/c1-3-5-7-9-11-13-15-17-18-19-20-22-24-26-28-30-32-36-45(50)58-42(39-56-59(53,54)57-40-43(47)46(51)52)38-55-44(49)37-33-35-41(48)34-31-29-27-25-23-21-16-14-12-10-8-6-4-2/h11-14,17-18,20-23,27,29,31,34,41-43,48H,3-10,15-16,19,24-26,28,30,32-33,35-40,47H2,1-2H3,(H,51,52)(H,53,54)/b13-11-,14-12-,18-17-,22-20-,23-21-,29-27-,34-31+/t41-,42-,43+/m1/s1. The lowest BCUT2D eigenvalue weighted by Gasteiger charge is -2.20. The van der Waals surface area contributed by atoms with Gasteiger partial charge in [0, 0.05) is 12.8 Å². The molecule has 1 unspecified atom stereocenters. The Hall–Kier alpha value is -3.38. The second kappa shape index (κ2) is 40.0. The summed E-state index contributed by atoms with van der Waals surface area (Å²) >= 11 is 0. The van der Waals surface area contributed by atoms with Crippen LogP contribution in [0.1, 0.15) is 149 Å². The number of aliphatic hydroxyl groups excluding tert-OH is 1. The van der Waals surface area contributed by atoms with Crippen LogP contribution in [0.15, 0.2) is 85.1 Å². The third-order valence-electron chi connectivity index (χ3n) is 8.72. The fourth-order valence-corrected chi connectivity index (χ4v) is 6.01. The Morgan fingerprint density at radius 1 is 0.610 bits per heavy atom. The van der Waals surface area contributed by atoms with Crippen LogP contribution in [0, 0.1) is 0 Å². The molecule has 0 rings (SSSR count). The third-order valence-corrected chi connectivity index (χ3v) is 9.67. The first-order chi connectivity index (χ1) is 28.5. The third kappa shape index (κ3) is 39.8. The molecule has 4 atom stereocenters. The molecule has 336 valence electrons. The summed E-state index contributed by atoms with van der Waals surface area (Å²) in [5.74, 6) is -2.64. The lowest BCUT2D eigenvalue weighted by molar-refractivity contribution is -0.161. The first-order valence-electron chi connectivity index (χ1n) is 21.7. The summed E-state index contributed by atoms with van der Waals surface area (Å²) in [5.41, 5.74) is 5.32. The number of phosphoric ester groups is 1. The number of esters is 2. The number of aliphatic carboxylic acids is 1. The maximum absolute atomic E-state index is 12.6. The van der Waals surface area contributed by atoms with E-state index in [2.05, 4.69) is 79.1 Å². The Balaban J connectivity index is 4.62. The number of phosphoric acid groups is 1. The average molecular weight is 850 g/mol. The van der Waals surface area contributed by atoms with Gasteiger partial charge >= 0.3 is 25.7 Å². The van der Waals surface area contributed by atoms with Crippen LogP contribution in [0.25, 0.3) is 0 Å². The molecule has 0 bridgehead atoms. The molecular weight excluding hydrogens is 773 g/mol. The van der Waals surface area contributed by atoms with Crippen molar-refractivity contribution in [3.8, 4) is 0 Å². The lowest BCUT2D eigenvalue weighted by atomic mass is 10.1. The number of hydrogen-bond acceptors (Lipinski definition) is 10. The molecule has 5 N–H and O–H groups in total. The highest BCUT2D eigenvalue weighted by Gasteiger charge is 2.28. The molecule has 59 heavy (non-hydrogen) atoms. The Bertz CT molecular complexity index is 1340. The highest BCUT2D eigenvalue weighted by atomic mass is 31.2. The first kappa shape index (κ1) is 55.6. The van der Waals surface area contributed by atoms with E-state index in [1.165, 1.54) is 38.5 Å². The number of aliphatic hydroxyl groups is 1. The summed E-state index contributed by atoms with van der Waals surface area (Å²) in [6.07, 6.45) is 45.3. The normalized spacial score (nSPS) is 15.1. The number of hydrogen-bond donors (Lipinski definition) is 4. The molecule has 0 saturated carbocycles. The van der Waals surface area contributed by atoms with Gasteiger partial charge in [-0.05, 0) is 83.5 Å². The van der Waals surface area contributed by atoms with Gasteiger partial charge in [-0.1, -0.05) is 137 Å². The van der Waals surface area contributed by atoms with Gasteiger partial charge in [-0.3, -0.25) is 23.4 Å². The van der Waals surface area contributed by atoms with E-state index in [-0.39, 0.29) is 12.8 Å². The number of nitrogens with two attached hydrogens (primary N) is 1. The van der Waals surface area contributed by atoms with Gasteiger partial charge in [0.25, 0.3) is 0 Å². The number of carboxylic acid groups (broad SMARTS) is 1. The zero-order chi connectivity index (χ0) is 43.7. The molecule has 0 aromatic heterocycles. The maximum atomic E-state index is 12.6. The quantitative estimate of drug-likeness (QED) is 0.0151. The van der Waals surface area contributed by atoms with Crippen LogP contribution >= 0.6 is 7.82 Å². The molecule has 0 aromatic carbocycles. The number of allylic oxidation sites excluding steroid dienone is 13. The van der Waals surface area contributed by atoms with Gasteiger partial charge in [0.1, 0.15) is 12.6 Å². The Morgan fingerprint density at radius 2 is 1.10 bits per heavy atom. The van der Waals surface area contributed by atoms with Crippen LogP contribution < -0.4 is 5.73 Å². The second-order valence-corrected chi connectivity index (χ2v) is 15.8. The van der Waals surface area contributed by atoms with Gasteiger partial charge in [-0.15, -0.1) is 0 Å². The van der Waals surface area contributed by atoms with Crippen molar-refractivity contribution in [2.75, 3.05) is 19.8 Å². The minimum absolute atomic E-state index is 0.0163. The molecule has 0 fully saturated rings. The molecule has 0 aliphatic carbocycles. The van der Waals surface area contributed by atoms with Gasteiger partial charge in [-0.25, -0.2) is 4.57 Å². The number of unbranched alkanes of at least 4 members (excludes halogenated alkanes) is 10. The zero-order valence-electron chi connectivity index (χ0n) is 35.9. The van der Waals surface area contributed by atoms with Crippen LogP contribution in [0.4, 0.5) is 0 Å². The fraction of sp³-hybridized carbons (Fsp3) is 0.630. The molecule has 0 aliphatic rings. The average Bonchev–Trinajstić information content (AvgIpc) is 3.20. The predicted octanol–water partition coefficient (Wildman–Crippen LogP) is 10.5. The van der Waals surface area contributed by atoms with E-state index in [9.17, 15) is 28.9 Å². The van der Waals surface area contributed by atoms with E-state index in [0.717, 1.165) is 64.2 Å². The van der Waals surface area contributed by atoms with Crippen LogP contribution in [0.3, 0.4) is 0 Å². The summed E-state index contributed by atoms with van der Waals surface area (Å²) in [4.78, 5) is 46.0. The Kier molecular flexibility index (Phi) is 37.8. The van der Waals surface area contributed by atoms with Crippen LogP contribution in [0.2, 0.25) is 0 Å². The first-order valence-corrected chi connectivity index (χ1v) is 23.2. The number of ether oxygens (including phenoxy) is 2. The van der Waals surface area contributed by atoms with Crippen molar-refractivity contribution in [3.63, 3.8) is 0 Å². The van der Waals surface area contributed by atoms with Crippen LogP contribution in [0.5, 0.6) is 0 Å². The largest absolute Gasteiger partial charge is 0.480 e. The summed E-state index contributed by atoms with van der Waals surface area (Å²) in [6.45, 7) is 2.51. The van der Waals surface area contributed by atoms with Gasteiger partial charge < -0.3 is 30.3 Å². The number of carboxylic acids is 1. The molecule has 0 saturated heterocycles. The smallest absolute Gasteiger partial charge is 0.472 e. The summed E-state index contributed by atoms with van der Waals surface area (Å²) in [5, 5.41) is 19.1. The highest BCUT2D eigenvalue weighted by molar-refractivity contribution is 7.47. The Labute approximate surface area is 355 Å². The number of carbonyl (C=O) groups excluding carboxylic acids is 2. The fourth-order valence-electron chi connectivity index (χ4n) is 5.23. The van der Waals surface area contributed by atoms with Crippen molar-refractivity contribution in [2.45, 2.75) is 167 Å². The van der Waals surface area contributed by atoms with Gasteiger partial charge in [0.05, 0.1) is 19.3 Å². The highest BCUT2D eigenvalue weighted by Crippen LogP contribution is 2.43. The molecule has 12 nitrogen and oxygen atoms in total. The molecular formula is C46H76NO11P. The van der Waals surface area contributed by atoms with E-state index in [1.54, 1.807) is 12.2 Å². The van der Waals surface area contributed by atoms with E-state index < -0.39 is 63.8 Å². The van der Waals surface area contributed by atoms with Crippen molar-refractivity contribution >= 4 is 25.7 Å². The van der Waals surface area contributed by atoms with Gasteiger partial charge in [-0.2, -0.15) is 0 Å². The van der Waals surface area contributed by atoms with E-state index in [0.29, 0.717) is 19.3 Å². The topological polar surface area (TPSA) is 192 Å². The minimum Gasteiger partial charge on any atom is -0.480 e. The van der Waals surface area contributed by atoms with E-state index >= 15 is 0 Å².